The van der Waals surface area contributed by atoms with Crippen molar-refractivity contribution in [3.8, 4) is 17.6 Å². The fourth-order valence-electron chi connectivity index (χ4n) is 3.24. The number of hydrogen-bond acceptors (Lipinski definition) is 6. The van der Waals surface area contributed by atoms with Crippen LogP contribution in [0.4, 0.5) is 5.69 Å². The van der Waals surface area contributed by atoms with Gasteiger partial charge in [0.1, 0.15) is 0 Å². The van der Waals surface area contributed by atoms with Gasteiger partial charge in [-0.1, -0.05) is 12.1 Å². The summed E-state index contributed by atoms with van der Waals surface area (Å²) < 4.78 is 10.8. The molecule has 0 saturated heterocycles. The van der Waals surface area contributed by atoms with Gasteiger partial charge in [0.25, 0.3) is 11.8 Å². The van der Waals surface area contributed by atoms with Crippen LogP contribution in [0.1, 0.15) is 46.2 Å². The molecule has 8 heteroatoms. The molecule has 2 aromatic carbocycles. The third kappa shape index (κ3) is 3.50. The number of ether oxygens (including phenoxy) is 2. The Morgan fingerprint density at radius 3 is 2.59 bits per heavy atom. The standard InChI is InChI=1S/C21H19N3O5/c1-4-29-18-10-13(8-9-17(18)28-3)16(11-22)24-20(26)14-6-5-7-15(23-12(2)25)19(14)21(24)27/h5-10,16H,4H2,1-3H3,(H,23,25). The van der Waals surface area contributed by atoms with Gasteiger partial charge in [0, 0.05) is 6.92 Å². The van der Waals surface area contributed by atoms with Crippen LogP contribution in [0.25, 0.3) is 0 Å². The predicted octanol–water partition coefficient (Wildman–Crippen LogP) is 2.91. The normalized spacial score (nSPS) is 13.5. The van der Waals surface area contributed by atoms with Gasteiger partial charge in [-0.25, -0.2) is 0 Å². The van der Waals surface area contributed by atoms with E-state index in [-0.39, 0.29) is 22.7 Å². The molecule has 29 heavy (non-hydrogen) atoms. The summed E-state index contributed by atoms with van der Waals surface area (Å²) in [5.74, 6) is -0.733. The molecular weight excluding hydrogens is 374 g/mol. The van der Waals surface area contributed by atoms with Crippen LogP contribution >= 0.6 is 0 Å². The van der Waals surface area contributed by atoms with E-state index < -0.39 is 17.9 Å². The first-order valence-corrected chi connectivity index (χ1v) is 8.91. The minimum absolute atomic E-state index is 0.0755. The topological polar surface area (TPSA) is 109 Å². The molecular formula is C21H19N3O5. The summed E-state index contributed by atoms with van der Waals surface area (Å²) in [6.45, 7) is 3.49. The van der Waals surface area contributed by atoms with Crippen LogP contribution in [0.15, 0.2) is 36.4 Å². The Morgan fingerprint density at radius 2 is 1.97 bits per heavy atom. The fraction of sp³-hybridized carbons (Fsp3) is 0.238. The lowest BCUT2D eigenvalue weighted by Crippen LogP contribution is -2.33. The number of carbonyl (C=O) groups excluding carboxylic acids is 3. The maximum Gasteiger partial charge on any atom is 0.265 e. The van der Waals surface area contributed by atoms with Gasteiger partial charge in [0.15, 0.2) is 17.5 Å². The minimum Gasteiger partial charge on any atom is -0.493 e. The average Bonchev–Trinajstić information content (AvgIpc) is 2.95. The Bertz CT molecular complexity index is 1040. The van der Waals surface area contributed by atoms with Crippen LogP contribution in [0, 0.1) is 11.3 Å². The number of fused-ring (bicyclic) bond motifs is 1. The van der Waals surface area contributed by atoms with Crippen molar-refractivity contribution in [2.75, 3.05) is 19.0 Å². The molecule has 1 unspecified atom stereocenters. The predicted molar refractivity (Wildman–Crippen MR) is 104 cm³/mol. The number of anilines is 1. The number of benzene rings is 2. The van der Waals surface area contributed by atoms with Crippen LogP contribution in [-0.4, -0.2) is 36.3 Å². The van der Waals surface area contributed by atoms with E-state index in [9.17, 15) is 19.6 Å². The van der Waals surface area contributed by atoms with Crippen LogP contribution < -0.4 is 14.8 Å². The lowest BCUT2D eigenvalue weighted by atomic mass is 10.1. The van der Waals surface area contributed by atoms with Crippen LogP contribution in [-0.2, 0) is 4.79 Å². The summed E-state index contributed by atoms with van der Waals surface area (Å²) in [5.41, 5.74) is 0.858. The number of nitrogens with zero attached hydrogens (tertiary/aromatic N) is 2. The van der Waals surface area contributed by atoms with Crippen molar-refractivity contribution in [3.63, 3.8) is 0 Å². The second kappa shape index (κ2) is 8.02. The summed E-state index contributed by atoms with van der Waals surface area (Å²) in [6.07, 6.45) is 0. The Hall–Kier alpha value is -3.86. The molecule has 0 aromatic heterocycles. The van der Waals surface area contributed by atoms with Gasteiger partial charge in [-0.2, -0.15) is 5.26 Å². The van der Waals surface area contributed by atoms with E-state index in [0.717, 1.165) is 4.90 Å². The maximum atomic E-state index is 13.1. The number of nitrogens with one attached hydrogen (secondary N) is 1. The molecule has 0 fully saturated rings. The Labute approximate surface area is 167 Å². The molecule has 0 bridgehead atoms. The molecule has 1 atom stereocenters. The smallest absolute Gasteiger partial charge is 0.265 e. The van der Waals surface area contributed by atoms with Gasteiger partial charge in [-0.05, 0) is 36.8 Å². The summed E-state index contributed by atoms with van der Waals surface area (Å²) in [4.78, 5) is 38.4. The van der Waals surface area contributed by atoms with Gasteiger partial charge in [0.2, 0.25) is 5.91 Å². The highest BCUT2D eigenvalue weighted by Crippen LogP contribution is 2.37. The maximum absolute atomic E-state index is 13.1. The Balaban J connectivity index is 2.04. The van der Waals surface area contributed by atoms with Crippen molar-refractivity contribution in [3.05, 3.63) is 53.1 Å². The van der Waals surface area contributed by atoms with E-state index in [4.69, 9.17) is 9.47 Å². The summed E-state index contributed by atoms with van der Waals surface area (Å²) >= 11 is 0. The minimum atomic E-state index is -1.17. The summed E-state index contributed by atoms with van der Waals surface area (Å²) in [5, 5.41) is 12.3. The second-order valence-electron chi connectivity index (χ2n) is 6.26. The summed E-state index contributed by atoms with van der Waals surface area (Å²) in [7, 11) is 1.49. The molecule has 8 nitrogen and oxygen atoms in total. The molecule has 2 aromatic rings. The molecule has 0 radical (unpaired) electrons. The summed E-state index contributed by atoms with van der Waals surface area (Å²) in [6, 6.07) is 10.3. The van der Waals surface area contributed by atoms with E-state index in [1.807, 2.05) is 13.0 Å². The molecule has 0 saturated carbocycles. The molecule has 3 rings (SSSR count). The molecule has 0 aliphatic carbocycles. The number of nitriles is 1. The monoisotopic (exact) mass is 393 g/mol. The van der Waals surface area contributed by atoms with Gasteiger partial charge in [0.05, 0.1) is 36.6 Å². The Morgan fingerprint density at radius 1 is 1.21 bits per heavy atom. The van der Waals surface area contributed by atoms with Gasteiger partial charge in [-0.3, -0.25) is 19.3 Å². The van der Waals surface area contributed by atoms with Crippen molar-refractivity contribution in [2.24, 2.45) is 0 Å². The molecule has 1 aliphatic rings. The van der Waals surface area contributed by atoms with Crippen molar-refractivity contribution in [1.82, 2.24) is 4.90 Å². The largest absolute Gasteiger partial charge is 0.493 e. The number of imide groups is 1. The SMILES string of the molecule is CCOc1cc(C(C#N)N2C(=O)c3cccc(NC(C)=O)c3C2=O)ccc1OC. The molecule has 0 spiro atoms. The van der Waals surface area contributed by atoms with Crippen LogP contribution in [0.2, 0.25) is 0 Å². The van der Waals surface area contributed by atoms with Crippen LogP contribution in [0.5, 0.6) is 11.5 Å². The number of amides is 3. The first-order valence-electron chi connectivity index (χ1n) is 8.91. The van der Waals surface area contributed by atoms with E-state index in [2.05, 4.69) is 5.32 Å². The zero-order valence-corrected chi connectivity index (χ0v) is 16.2. The van der Waals surface area contributed by atoms with Gasteiger partial charge in [-0.15, -0.1) is 0 Å². The highest BCUT2D eigenvalue weighted by molar-refractivity contribution is 6.24. The van der Waals surface area contributed by atoms with Gasteiger partial charge >= 0.3 is 0 Å². The Kier molecular flexibility index (Phi) is 5.50. The third-order valence-corrected chi connectivity index (χ3v) is 4.44. The van der Waals surface area contributed by atoms with E-state index in [1.165, 1.54) is 26.2 Å². The fourth-order valence-corrected chi connectivity index (χ4v) is 3.24. The van der Waals surface area contributed by atoms with Crippen molar-refractivity contribution >= 4 is 23.4 Å². The highest BCUT2D eigenvalue weighted by Gasteiger charge is 2.42. The number of carbonyl (C=O) groups is 3. The number of hydrogen-bond donors (Lipinski definition) is 1. The molecule has 1 heterocycles. The molecule has 148 valence electrons. The van der Waals surface area contributed by atoms with E-state index in [0.29, 0.717) is 23.7 Å². The first-order chi connectivity index (χ1) is 13.9. The molecule has 1 aliphatic heterocycles. The molecule has 1 N–H and O–H groups in total. The zero-order chi connectivity index (χ0) is 21.1. The average molecular weight is 393 g/mol. The zero-order valence-electron chi connectivity index (χ0n) is 16.2. The van der Waals surface area contributed by atoms with Crippen molar-refractivity contribution in [1.29, 1.82) is 5.26 Å². The van der Waals surface area contributed by atoms with E-state index in [1.54, 1.807) is 24.3 Å². The van der Waals surface area contributed by atoms with Crippen molar-refractivity contribution < 1.29 is 23.9 Å². The quantitative estimate of drug-likeness (QED) is 0.756. The lowest BCUT2D eigenvalue weighted by molar-refractivity contribution is -0.114. The van der Waals surface area contributed by atoms with Crippen LogP contribution in [0.3, 0.4) is 0 Å². The third-order valence-electron chi connectivity index (χ3n) is 4.44. The molecule has 3 amide bonds. The number of rotatable bonds is 6. The first kappa shape index (κ1) is 19.9. The second-order valence-corrected chi connectivity index (χ2v) is 6.26. The lowest BCUT2D eigenvalue weighted by Gasteiger charge is -2.21. The highest BCUT2D eigenvalue weighted by atomic mass is 16.5. The number of methoxy groups -OCH3 is 1. The van der Waals surface area contributed by atoms with E-state index >= 15 is 0 Å². The van der Waals surface area contributed by atoms with Gasteiger partial charge < -0.3 is 14.8 Å². The van der Waals surface area contributed by atoms with Crippen molar-refractivity contribution in [2.45, 2.75) is 19.9 Å².